The molecule has 142 valence electrons. The van der Waals surface area contributed by atoms with Crippen molar-refractivity contribution in [3.63, 3.8) is 0 Å². The number of amides is 1. The van der Waals surface area contributed by atoms with Gasteiger partial charge in [0.25, 0.3) is 5.91 Å². The van der Waals surface area contributed by atoms with E-state index >= 15 is 0 Å². The summed E-state index contributed by atoms with van der Waals surface area (Å²) < 4.78 is 12.6. The van der Waals surface area contributed by atoms with Gasteiger partial charge >= 0.3 is 0 Å². The molecule has 0 aliphatic rings. The third kappa shape index (κ3) is 3.88. The Morgan fingerprint density at radius 1 is 1.14 bits per heavy atom. The van der Waals surface area contributed by atoms with Crippen molar-refractivity contribution in [3.8, 4) is 0 Å². The quantitative estimate of drug-likeness (QED) is 0.550. The molecule has 1 N–H and O–H groups in total. The fourth-order valence-corrected chi connectivity index (χ4v) is 3.00. The lowest BCUT2D eigenvalue weighted by Crippen LogP contribution is -2.10. The van der Waals surface area contributed by atoms with Gasteiger partial charge in [-0.15, -0.1) is 0 Å². The number of hydrogen-bond donors (Lipinski definition) is 1. The first-order chi connectivity index (χ1) is 13.6. The highest BCUT2D eigenvalue weighted by Gasteiger charge is 2.16. The molecular weight excluding hydrogens is 356 g/mol. The van der Waals surface area contributed by atoms with E-state index in [1.807, 2.05) is 44.2 Å². The number of anilines is 1. The fourth-order valence-electron chi connectivity index (χ4n) is 3.00. The van der Waals surface area contributed by atoms with Crippen molar-refractivity contribution in [1.29, 1.82) is 0 Å². The van der Waals surface area contributed by atoms with Crippen LogP contribution in [-0.2, 0) is 13.0 Å². The first kappa shape index (κ1) is 17.8. The molecule has 1 amide bonds. The van der Waals surface area contributed by atoms with E-state index in [0.29, 0.717) is 24.4 Å². The molecule has 28 heavy (non-hydrogen) atoms. The van der Waals surface area contributed by atoms with Gasteiger partial charge in [-0.2, -0.15) is 5.10 Å². The fraction of sp³-hybridized carbons (Fsp3) is 0.190. The Hall–Kier alpha value is -3.61. The highest BCUT2D eigenvalue weighted by atomic mass is 16.5. The van der Waals surface area contributed by atoms with Crippen LogP contribution in [0.4, 0.5) is 5.69 Å². The number of carbonyl (C=O) groups is 1. The number of hydrogen-bond acceptors (Lipinski definition) is 5. The van der Waals surface area contributed by atoms with Crippen molar-refractivity contribution >= 4 is 11.6 Å². The van der Waals surface area contributed by atoms with E-state index in [2.05, 4.69) is 15.6 Å². The maximum Gasteiger partial charge on any atom is 0.291 e. The SMILES string of the molecule is Cc1noc(C)c1Cc1ccc(C(=O)Nc2cnn(Cc3ccccc3)c2)o1. The monoisotopic (exact) mass is 376 g/mol. The Labute approximate surface area is 162 Å². The van der Waals surface area contributed by atoms with Crippen molar-refractivity contribution in [2.24, 2.45) is 0 Å². The van der Waals surface area contributed by atoms with Crippen molar-refractivity contribution < 1.29 is 13.7 Å². The molecule has 0 saturated carbocycles. The lowest BCUT2D eigenvalue weighted by atomic mass is 10.1. The molecule has 0 atom stereocenters. The second-order valence-corrected chi connectivity index (χ2v) is 6.61. The zero-order chi connectivity index (χ0) is 19.5. The number of aryl methyl sites for hydroxylation is 2. The summed E-state index contributed by atoms with van der Waals surface area (Å²) in [5.74, 6) is 1.37. The highest BCUT2D eigenvalue weighted by Crippen LogP contribution is 2.20. The number of benzene rings is 1. The van der Waals surface area contributed by atoms with Crippen LogP contribution in [0.3, 0.4) is 0 Å². The zero-order valence-corrected chi connectivity index (χ0v) is 15.7. The lowest BCUT2D eigenvalue weighted by Gasteiger charge is -2.01. The summed E-state index contributed by atoms with van der Waals surface area (Å²) in [6.07, 6.45) is 3.94. The molecule has 7 nitrogen and oxygen atoms in total. The van der Waals surface area contributed by atoms with Crippen LogP contribution in [0.1, 0.15) is 38.9 Å². The lowest BCUT2D eigenvalue weighted by molar-refractivity contribution is 0.0995. The van der Waals surface area contributed by atoms with Crippen LogP contribution in [0.15, 0.2) is 63.8 Å². The van der Waals surface area contributed by atoms with Crippen molar-refractivity contribution in [2.75, 3.05) is 5.32 Å². The summed E-state index contributed by atoms with van der Waals surface area (Å²) in [6, 6.07) is 13.5. The summed E-state index contributed by atoms with van der Waals surface area (Å²) in [5.41, 5.74) is 3.55. The molecule has 0 saturated heterocycles. The van der Waals surface area contributed by atoms with Crippen LogP contribution in [-0.4, -0.2) is 20.8 Å². The molecule has 0 aliphatic carbocycles. The summed E-state index contributed by atoms with van der Waals surface area (Å²) in [6.45, 7) is 4.38. The maximum atomic E-state index is 12.5. The second-order valence-electron chi connectivity index (χ2n) is 6.61. The van der Waals surface area contributed by atoms with Gasteiger partial charge in [0.15, 0.2) is 5.76 Å². The van der Waals surface area contributed by atoms with Crippen LogP contribution < -0.4 is 5.32 Å². The summed E-state index contributed by atoms with van der Waals surface area (Å²) >= 11 is 0. The first-order valence-corrected chi connectivity index (χ1v) is 8.96. The second kappa shape index (κ2) is 7.56. The van der Waals surface area contributed by atoms with Gasteiger partial charge in [-0.25, -0.2) is 0 Å². The number of nitrogens with zero attached hydrogens (tertiary/aromatic N) is 3. The zero-order valence-electron chi connectivity index (χ0n) is 15.7. The van der Waals surface area contributed by atoms with Crippen molar-refractivity contribution in [2.45, 2.75) is 26.8 Å². The molecule has 0 bridgehead atoms. The molecule has 0 fully saturated rings. The van der Waals surface area contributed by atoms with Crippen LogP contribution in [0.5, 0.6) is 0 Å². The first-order valence-electron chi connectivity index (χ1n) is 8.96. The molecule has 3 aromatic heterocycles. The van der Waals surface area contributed by atoms with Crippen LogP contribution in [0.25, 0.3) is 0 Å². The van der Waals surface area contributed by atoms with Crippen LogP contribution in [0, 0.1) is 13.8 Å². The van der Waals surface area contributed by atoms with Gasteiger partial charge in [0.1, 0.15) is 11.5 Å². The Bertz CT molecular complexity index is 1070. The van der Waals surface area contributed by atoms with Crippen molar-refractivity contribution in [1.82, 2.24) is 14.9 Å². The maximum absolute atomic E-state index is 12.5. The van der Waals surface area contributed by atoms with E-state index in [9.17, 15) is 4.79 Å². The van der Waals surface area contributed by atoms with Gasteiger partial charge in [0.2, 0.25) is 0 Å². The normalized spacial score (nSPS) is 10.9. The van der Waals surface area contributed by atoms with Gasteiger partial charge in [-0.3, -0.25) is 9.48 Å². The average Bonchev–Trinajstić information content (AvgIpc) is 3.41. The number of carbonyl (C=O) groups excluding carboxylic acids is 1. The molecule has 1 aromatic carbocycles. The minimum atomic E-state index is -0.315. The predicted octanol–water partition coefficient (Wildman–Crippen LogP) is 3.97. The molecule has 0 radical (unpaired) electrons. The molecule has 0 unspecified atom stereocenters. The largest absolute Gasteiger partial charge is 0.456 e. The number of aromatic nitrogens is 3. The number of rotatable bonds is 6. The van der Waals surface area contributed by atoms with E-state index in [1.165, 1.54) is 0 Å². The van der Waals surface area contributed by atoms with Gasteiger partial charge in [0.05, 0.1) is 24.1 Å². The standard InChI is InChI=1S/C21H20N4O3/c1-14-19(15(2)28-24-14)10-18-8-9-20(27-18)21(26)23-17-11-22-25(13-17)12-16-6-4-3-5-7-16/h3-9,11,13H,10,12H2,1-2H3,(H,23,26). The minimum absolute atomic E-state index is 0.248. The van der Waals surface area contributed by atoms with E-state index in [1.54, 1.807) is 29.2 Å². The summed E-state index contributed by atoms with van der Waals surface area (Å²) in [5, 5.41) is 11.0. The topological polar surface area (TPSA) is 86.1 Å². The molecule has 4 rings (SSSR count). The third-order valence-corrected chi connectivity index (χ3v) is 4.50. The molecule has 0 spiro atoms. The molecule has 4 aromatic rings. The Morgan fingerprint density at radius 2 is 1.96 bits per heavy atom. The van der Waals surface area contributed by atoms with Gasteiger partial charge in [-0.05, 0) is 31.5 Å². The number of furan rings is 1. The molecule has 7 heteroatoms. The highest BCUT2D eigenvalue weighted by molar-refractivity contribution is 6.02. The van der Waals surface area contributed by atoms with Gasteiger partial charge in [0, 0.05) is 18.2 Å². The van der Waals surface area contributed by atoms with Crippen molar-refractivity contribution in [3.05, 3.63) is 89.0 Å². The summed E-state index contributed by atoms with van der Waals surface area (Å²) in [7, 11) is 0. The van der Waals surface area contributed by atoms with E-state index in [4.69, 9.17) is 8.94 Å². The third-order valence-electron chi connectivity index (χ3n) is 4.50. The van der Waals surface area contributed by atoms with E-state index in [0.717, 1.165) is 22.6 Å². The molecular formula is C21H20N4O3. The van der Waals surface area contributed by atoms with E-state index < -0.39 is 0 Å². The van der Waals surface area contributed by atoms with Crippen LogP contribution >= 0.6 is 0 Å². The number of nitrogens with one attached hydrogen (secondary N) is 1. The Kier molecular flexibility index (Phi) is 4.80. The van der Waals surface area contributed by atoms with Gasteiger partial charge < -0.3 is 14.3 Å². The van der Waals surface area contributed by atoms with Crippen LogP contribution in [0.2, 0.25) is 0 Å². The Balaban J connectivity index is 1.40. The van der Waals surface area contributed by atoms with Gasteiger partial charge in [-0.1, -0.05) is 35.5 Å². The van der Waals surface area contributed by atoms with E-state index in [-0.39, 0.29) is 11.7 Å². The summed E-state index contributed by atoms with van der Waals surface area (Å²) in [4.78, 5) is 12.5. The average molecular weight is 376 g/mol. The molecule has 0 aliphatic heterocycles. The smallest absolute Gasteiger partial charge is 0.291 e. The minimum Gasteiger partial charge on any atom is -0.456 e. The predicted molar refractivity (Wildman–Crippen MR) is 103 cm³/mol. The Morgan fingerprint density at radius 3 is 2.71 bits per heavy atom. The molecule has 3 heterocycles.